The Bertz CT molecular complexity index is 983. The Morgan fingerprint density at radius 2 is 1.93 bits per heavy atom. The predicted octanol–water partition coefficient (Wildman–Crippen LogP) is 4.61. The molecule has 2 aromatic carbocycles. The van der Waals surface area contributed by atoms with Crippen LogP contribution in [0.1, 0.15) is 32.6 Å². The number of benzene rings is 2. The van der Waals surface area contributed by atoms with Crippen LogP contribution in [-0.2, 0) is 11.3 Å². The Hall–Kier alpha value is -2.99. The van der Waals surface area contributed by atoms with E-state index in [1.54, 1.807) is 30.2 Å². The lowest BCUT2D eigenvalue weighted by atomic mass is 10.1. The number of furan rings is 1. The van der Waals surface area contributed by atoms with Crippen LogP contribution in [0.25, 0.3) is 0 Å². The first kappa shape index (κ1) is 18.4. The topological polar surface area (TPSA) is 62.6 Å². The zero-order valence-electron chi connectivity index (χ0n) is 15.4. The van der Waals surface area contributed by atoms with E-state index in [0.29, 0.717) is 17.9 Å². The number of aryl methyl sites for hydroxylation is 1. The first-order valence-corrected chi connectivity index (χ1v) is 10.1. The number of anilines is 1. The average molecular weight is 392 g/mol. The zero-order chi connectivity index (χ0) is 19.5. The number of rotatable bonds is 5. The van der Waals surface area contributed by atoms with Gasteiger partial charge in [0.15, 0.2) is 0 Å². The summed E-state index contributed by atoms with van der Waals surface area (Å²) < 4.78 is 5.39. The number of hydrogen-bond acceptors (Lipinski definition) is 4. The molecule has 1 fully saturated rings. The van der Waals surface area contributed by atoms with E-state index in [1.807, 2.05) is 60.4 Å². The largest absolute Gasteiger partial charge is 0.467 e. The number of carbonyl (C=O) groups is 2. The predicted molar refractivity (Wildman–Crippen MR) is 110 cm³/mol. The van der Waals surface area contributed by atoms with Crippen LogP contribution in [0, 0.1) is 6.92 Å². The summed E-state index contributed by atoms with van der Waals surface area (Å²) in [6.07, 6.45) is 1.61. The molecule has 1 N–H and O–H groups in total. The Balaban J connectivity index is 1.48. The monoisotopic (exact) mass is 392 g/mol. The lowest BCUT2D eigenvalue weighted by molar-refractivity contribution is -0.128. The van der Waals surface area contributed by atoms with Crippen molar-refractivity contribution in [3.05, 3.63) is 89.4 Å². The first-order chi connectivity index (χ1) is 13.6. The molecule has 0 unspecified atom stereocenters. The number of hydrogen-bond donors (Lipinski definition) is 1. The van der Waals surface area contributed by atoms with Gasteiger partial charge in [0, 0.05) is 11.3 Å². The number of carbonyl (C=O) groups excluding carboxylic acids is 2. The SMILES string of the molecule is Cc1ccccc1NC(=O)c1ccc([C@@H]2SCC(=O)N2Cc2ccco2)cc1. The third kappa shape index (κ3) is 3.82. The molecule has 1 atom stereocenters. The van der Waals surface area contributed by atoms with Crippen LogP contribution < -0.4 is 5.32 Å². The second-order valence-electron chi connectivity index (χ2n) is 6.66. The highest BCUT2D eigenvalue weighted by molar-refractivity contribution is 8.00. The molecule has 142 valence electrons. The van der Waals surface area contributed by atoms with Gasteiger partial charge in [0.25, 0.3) is 5.91 Å². The van der Waals surface area contributed by atoms with Gasteiger partial charge in [0.1, 0.15) is 11.1 Å². The standard InChI is InChI=1S/C22H20N2O3S/c1-15-5-2-3-7-19(15)23-21(26)16-8-10-17(11-9-16)22-24(20(25)14-28-22)13-18-6-4-12-27-18/h2-12,22H,13-14H2,1H3,(H,23,26)/t22-/m0/s1. The second kappa shape index (κ2) is 7.94. The number of nitrogens with one attached hydrogen (secondary N) is 1. The molecule has 5 nitrogen and oxygen atoms in total. The van der Waals surface area contributed by atoms with Gasteiger partial charge in [-0.15, -0.1) is 11.8 Å². The summed E-state index contributed by atoms with van der Waals surface area (Å²) in [7, 11) is 0. The first-order valence-electron chi connectivity index (χ1n) is 9.02. The van der Waals surface area contributed by atoms with E-state index >= 15 is 0 Å². The molecular formula is C22H20N2O3S. The number of nitrogens with zero attached hydrogens (tertiary/aromatic N) is 1. The van der Waals surface area contributed by atoms with Crippen molar-refractivity contribution in [3.63, 3.8) is 0 Å². The number of amides is 2. The van der Waals surface area contributed by atoms with E-state index in [1.165, 1.54) is 0 Å². The van der Waals surface area contributed by atoms with Gasteiger partial charge in [-0.2, -0.15) is 0 Å². The fourth-order valence-corrected chi connectivity index (χ4v) is 4.37. The van der Waals surface area contributed by atoms with Gasteiger partial charge in [-0.05, 0) is 48.4 Å². The number of para-hydroxylation sites is 1. The molecule has 3 aromatic rings. The maximum absolute atomic E-state index is 12.5. The fourth-order valence-electron chi connectivity index (χ4n) is 3.18. The molecule has 0 saturated carbocycles. The van der Waals surface area contributed by atoms with Crippen LogP contribution in [0.4, 0.5) is 5.69 Å². The molecule has 0 bridgehead atoms. The fraction of sp³-hybridized carbons (Fsp3) is 0.182. The Morgan fingerprint density at radius 1 is 1.14 bits per heavy atom. The molecule has 1 aliphatic heterocycles. The minimum absolute atomic E-state index is 0.0777. The third-order valence-electron chi connectivity index (χ3n) is 4.73. The van der Waals surface area contributed by atoms with Gasteiger partial charge < -0.3 is 14.6 Å². The molecule has 2 amide bonds. The van der Waals surface area contributed by atoms with E-state index in [9.17, 15) is 9.59 Å². The summed E-state index contributed by atoms with van der Waals surface area (Å²) in [6, 6.07) is 18.8. The van der Waals surface area contributed by atoms with Crippen molar-refractivity contribution in [2.24, 2.45) is 0 Å². The summed E-state index contributed by atoms with van der Waals surface area (Å²) in [5, 5.41) is 2.86. The minimum Gasteiger partial charge on any atom is -0.467 e. The Labute approximate surface area is 167 Å². The average Bonchev–Trinajstić information content (AvgIpc) is 3.35. The quantitative estimate of drug-likeness (QED) is 0.688. The lowest BCUT2D eigenvalue weighted by Crippen LogP contribution is -2.27. The Kier molecular flexibility index (Phi) is 5.21. The second-order valence-corrected chi connectivity index (χ2v) is 7.72. The van der Waals surface area contributed by atoms with Gasteiger partial charge in [0.2, 0.25) is 5.91 Å². The van der Waals surface area contributed by atoms with Crippen molar-refractivity contribution < 1.29 is 14.0 Å². The summed E-state index contributed by atoms with van der Waals surface area (Å²) in [5.74, 6) is 1.15. The van der Waals surface area contributed by atoms with Gasteiger partial charge in [-0.1, -0.05) is 30.3 Å². The van der Waals surface area contributed by atoms with Gasteiger partial charge >= 0.3 is 0 Å². The zero-order valence-corrected chi connectivity index (χ0v) is 16.2. The summed E-state index contributed by atoms with van der Waals surface area (Å²) in [5.41, 5.74) is 3.40. The molecular weight excluding hydrogens is 372 g/mol. The van der Waals surface area contributed by atoms with Crippen molar-refractivity contribution >= 4 is 29.3 Å². The molecule has 4 rings (SSSR count). The highest BCUT2D eigenvalue weighted by Crippen LogP contribution is 2.39. The highest BCUT2D eigenvalue weighted by atomic mass is 32.2. The normalized spacial score (nSPS) is 16.4. The third-order valence-corrected chi connectivity index (χ3v) is 5.98. The van der Waals surface area contributed by atoms with Gasteiger partial charge in [0.05, 0.1) is 18.6 Å². The highest BCUT2D eigenvalue weighted by Gasteiger charge is 2.33. The van der Waals surface area contributed by atoms with Crippen molar-refractivity contribution in [3.8, 4) is 0 Å². The van der Waals surface area contributed by atoms with Crippen LogP contribution in [0.15, 0.2) is 71.3 Å². The van der Waals surface area contributed by atoms with E-state index in [-0.39, 0.29) is 17.2 Å². The van der Waals surface area contributed by atoms with Crippen molar-refractivity contribution in [2.45, 2.75) is 18.8 Å². The Morgan fingerprint density at radius 3 is 2.64 bits per heavy atom. The molecule has 1 saturated heterocycles. The van der Waals surface area contributed by atoms with E-state index in [0.717, 1.165) is 22.6 Å². The van der Waals surface area contributed by atoms with Crippen LogP contribution >= 0.6 is 11.8 Å². The summed E-state index contributed by atoms with van der Waals surface area (Å²) in [6.45, 7) is 2.40. The smallest absolute Gasteiger partial charge is 0.255 e. The molecule has 2 heterocycles. The van der Waals surface area contributed by atoms with Gasteiger partial charge in [-0.25, -0.2) is 0 Å². The van der Waals surface area contributed by atoms with E-state index in [4.69, 9.17) is 4.42 Å². The number of thioether (sulfide) groups is 1. The summed E-state index contributed by atoms with van der Waals surface area (Å²) in [4.78, 5) is 26.6. The van der Waals surface area contributed by atoms with Crippen molar-refractivity contribution in [1.82, 2.24) is 4.90 Å². The molecule has 1 aliphatic rings. The molecule has 6 heteroatoms. The molecule has 1 aromatic heterocycles. The van der Waals surface area contributed by atoms with Crippen LogP contribution in [0.3, 0.4) is 0 Å². The van der Waals surface area contributed by atoms with Crippen LogP contribution in [-0.4, -0.2) is 22.5 Å². The van der Waals surface area contributed by atoms with Crippen molar-refractivity contribution in [1.29, 1.82) is 0 Å². The van der Waals surface area contributed by atoms with Crippen molar-refractivity contribution in [2.75, 3.05) is 11.1 Å². The molecule has 0 spiro atoms. The van der Waals surface area contributed by atoms with E-state index < -0.39 is 0 Å². The van der Waals surface area contributed by atoms with Crippen LogP contribution in [0.5, 0.6) is 0 Å². The maximum Gasteiger partial charge on any atom is 0.255 e. The van der Waals surface area contributed by atoms with E-state index in [2.05, 4.69) is 5.32 Å². The summed E-state index contributed by atoms with van der Waals surface area (Å²) >= 11 is 1.59. The minimum atomic E-state index is -0.150. The molecule has 0 aliphatic carbocycles. The maximum atomic E-state index is 12.5. The lowest BCUT2D eigenvalue weighted by Gasteiger charge is -2.23. The molecule has 28 heavy (non-hydrogen) atoms. The van der Waals surface area contributed by atoms with Gasteiger partial charge in [-0.3, -0.25) is 9.59 Å². The molecule has 0 radical (unpaired) electrons. The van der Waals surface area contributed by atoms with Crippen LogP contribution in [0.2, 0.25) is 0 Å².